The Labute approximate surface area is 120 Å². The number of hydrogen-bond acceptors (Lipinski definition) is 4. The lowest BCUT2D eigenvalue weighted by atomic mass is 10.0. The zero-order valence-corrected chi connectivity index (χ0v) is 11.4. The predicted molar refractivity (Wildman–Crippen MR) is 75.9 cm³/mol. The van der Waals surface area contributed by atoms with E-state index in [1.165, 1.54) is 0 Å². The Morgan fingerprint density at radius 1 is 1.35 bits per heavy atom. The molecule has 0 radical (unpaired) electrons. The summed E-state index contributed by atoms with van der Waals surface area (Å²) in [7, 11) is 0. The number of carbonyl (C=O) groups excluding carboxylic acids is 1. The van der Waals surface area contributed by atoms with Gasteiger partial charge in [-0.2, -0.15) is 4.99 Å². The van der Waals surface area contributed by atoms with E-state index in [1.807, 2.05) is 0 Å². The number of aliphatic imine (C=N–C) groups is 2. The topological polar surface area (TPSA) is 63.0 Å². The van der Waals surface area contributed by atoms with Gasteiger partial charge in [-0.05, 0) is 37.6 Å². The van der Waals surface area contributed by atoms with Gasteiger partial charge in [-0.3, -0.25) is 4.79 Å². The SMILES string of the molecule is O=C1N=C([C@@H]2CCCN2)N=C2c3cc(Cl)ccc3OC12. The van der Waals surface area contributed by atoms with Crippen molar-refractivity contribution >= 4 is 29.1 Å². The van der Waals surface area contributed by atoms with Crippen molar-refractivity contribution in [1.29, 1.82) is 0 Å². The summed E-state index contributed by atoms with van der Waals surface area (Å²) < 4.78 is 5.62. The maximum absolute atomic E-state index is 12.1. The third kappa shape index (κ3) is 1.77. The van der Waals surface area contributed by atoms with Crippen molar-refractivity contribution < 1.29 is 9.53 Å². The van der Waals surface area contributed by atoms with Gasteiger partial charge in [0.2, 0.25) is 6.10 Å². The zero-order chi connectivity index (χ0) is 13.7. The van der Waals surface area contributed by atoms with E-state index in [4.69, 9.17) is 16.3 Å². The molecule has 1 N–H and O–H groups in total. The summed E-state index contributed by atoms with van der Waals surface area (Å²) in [6.07, 6.45) is 1.32. The van der Waals surface area contributed by atoms with Crippen LogP contribution in [-0.2, 0) is 4.79 Å². The van der Waals surface area contributed by atoms with Crippen molar-refractivity contribution in [3.05, 3.63) is 28.8 Å². The van der Waals surface area contributed by atoms with E-state index < -0.39 is 6.10 Å². The minimum absolute atomic E-state index is 0.0654. The molecule has 0 aliphatic carbocycles. The monoisotopic (exact) mass is 289 g/mol. The highest BCUT2D eigenvalue weighted by Crippen LogP contribution is 2.33. The van der Waals surface area contributed by atoms with Crippen molar-refractivity contribution in [3.63, 3.8) is 0 Å². The van der Waals surface area contributed by atoms with Crippen molar-refractivity contribution in [3.8, 4) is 5.75 Å². The van der Waals surface area contributed by atoms with Crippen LogP contribution in [0.25, 0.3) is 0 Å². The molecule has 0 saturated carbocycles. The van der Waals surface area contributed by atoms with Crippen molar-refractivity contribution in [2.45, 2.75) is 25.0 Å². The van der Waals surface area contributed by atoms with E-state index >= 15 is 0 Å². The molecule has 6 heteroatoms. The van der Waals surface area contributed by atoms with E-state index in [2.05, 4.69) is 15.3 Å². The third-order valence-electron chi connectivity index (χ3n) is 3.77. The molecule has 2 atom stereocenters. The molecule has 0 aromatic heterocycles. The van der Waals surface area contributed by atoms with E-state index in [9.17, 15) is 4.79 Å². The molecule has 1 saturated heterocycles. The summed E-state index contributed by atoms with van der Waals surface area (Å²) in [6.45, 7) is 0.936. The Bertz CT molecular complexity index is 662. The average Bonchev–Trinajstić information content (AvgIpc) is 3.06. The number of ether oxygens (including phenoxy) is 1. The van der Waals surface area contributed by atoms with Crippen LogP contribution in [0.1, 0.15) is 18.4 Å². The number of nitrogens with zero attached hydrogens (tertiary/aromatic N) is 2. The summed E-state index contributed by atoms with van der Waals surface area (Å²) in [5, 5.41) is 3.91. The minimum Gasteiger partial charge on any atom is -0.473 e. The van der Waals surface area contributed by atoms with Gasteiger partial charge in [0.05, 0.1) is 6.04 Å². The van der Waals surface area contributed by atoms with E-state index in [1.54, 1.807) is 18.2 Å². The van der Waals surface area contributed by atoms with Gasteiger partial charge in [0, 0.05) is 10.6 Å². The molecule has 0 spiro atoms. The largest absolute Gasteiger partial charge is 0.473 e. The van der Waals surface area contributed by atoms with Crippen LogP contribution in [0, 0.1) is 0 Å². The highest BCUT2D eigenvalue weighted by atomic mass is 35.5. The Morgan fingerprint density at radius 3 is 3.05 bits per heavy atom. The predicted octanol–water partition coefficient (Wildman–Crippen LogP) is 1.58. The van der Waals surface area contributed by atoms with Gasteiger partial charge in [0.25, 0.3) is 5.91 Å². The molecule has 3 aliphatic heterocycles. The van der Waals surface area contributed by atoms with Gasteiger partial charge >= 0.3 is 0 Å². The van der Waals surface area contributed by atoms with Crippen LogP contribution in [-0.4, -0.2) is 36.1 Å². The first-order chi connectivity index (χ1) is 9.72. The molecule has 102 valence electrons. The second kappa shape index (κ2) is 4.40. The molecule has 5 nitrogen and oxygen atoms in total. The summed E-state index contributed by atoms with van der Waals surface area (Å²) >= 11 is 6.02. The number of carbonyl (C=O) groups is 1. The van der Waals surface area contributed by atoms with Crippen LogP contribution >= 0.6 is 11.6 Å². The number of amidine groups is 1. The molecule has 0 bridgehead atoms. The van der Waals surface area contributed by atoms with Crippen LogP contribution < -0.4 is 10.1 Å². The summed E-state index contributed by atoms with van der Waals surface area (Å²) in [5.41, 5.74) is 1.42. The number of fused-ring (bicyclic) bond motifs is 3. The summed E-state index contributed by atoms with van der Waals surface area (Å²) in [4.78, 5) is 20.8. The van der Waals surface area contributed by atoms with E-state index in [0.29, 0.717) is 22.3 Å². The lowest BCUT2D eigenvalue weighted by molar-refractivity contribution is -0.121. The van der Waals surface area contributed by atoms with Gasteiger partial charge in [0.1, 0.15) is 17.3 Å². The summed E-state index contributed by atoms with van der Waals surface area (Å²) in [6, 6.07) is 5.35. The van der Waals surface area contributed by atoms with Gasteiger partial charge in [-0.25, -0.2) is 4.99 Å². The lowest BCUT2D eigenvalue weighted by Gasteiger charge is -2.17. The molecular weight excluding hydrogens is 278 g/mol. The van der Waals surface area contributed by atoms with Crippen LogP contribution in [0.5, 0.6) is 5.75 Å². The van der Waals surface area contributed by atoms with E-state index in [-0.39, 0.29) is 11.9 Å². The smallest absolute Gasteiger partial charge is 0.294 e. The van der Waals surface area contributed by atoms with E-state index in [0.717, 1.165) is 24.9 Å². The molecule has 1 aromatic rings. The van der Waals surface area contributed by atoms with Crippen molar-refractivity contribution in [2.24, 2.45) is 9.98 Å². The Kier molecular flexibility index (Phi) is 2.65. The van der Waals surface area contributed by atoms with Crippen molar-refractivity contribution in [2.75, 3.05) is 6.54 Å². The maximum atomic E-state index is 12.1. The minimum atomic E-state index is -0.714. The number of halogens is 1. The quantitative estimate of drug-likeness (QED) is 0.854. The Hall–Kier alpha value is -1.72. The molecule has 3 aliphatic rings. The zero-order valence-electron chi connectivity index (χ0n) is 10.6. The number of benzene rings is 1. The van der Waals surface area contributed by atoms with Crippen molar-refractivity contribution in [1.82, 2.24) is 5.32 Å². The molecule has 4 rings (SSSR count). The Balaban J connectivity index is 1.78. The maximum Gasteiger partial charge on any atom is 0.294 e. The second-order valence-electron chi connectivity index (χ2n) is 5.09. The second-order valence-corrected chi connectivity index (χ2v) is 5.53. The van der Waals surface area contributed by atoms with Crippen LogP contribution in [0.4, 0.5) is 0 Å². The molecule has 3 heterocycles. The van der Waals surface area contributed by atoms with Gasteiger partial charge < -0.3 is 10.1 Å². The standard InChI is InChI=1S/C14H12ClN3O2/c15-7-3-4-10-8(6-7)11-12(20-10)14(19)18-13(17-11)9-2-1-5-16-9/h3-4,6,9,12,16H,1-2,5H2/t9-,12?/m0/s1. The fraction of sp³-hybridized carbons (Fsp3) is 0.357. The molecule has 1 fully saturated rings. The molecular formula is C14H12ClN3O2. The number of hydrogen-bond donors (Lipinski definition) is 1. The first-order valence-corrected chi connectivity index (χ1v) is 7.01. The lowest BCUT2D eigenvalue weighted by Crippen LogP contribution is -2.39. The van der Waals surface area contributed by atoms with Crippen LogP contribution in [0.2, 0.25) is 5.02 Å². The molecule has 1 aromatic carbocycles. The van der Waals surface area contributed by atoms with Crippen LogP contribution in [0.15, 0.2) is 28.2 Å². The van der Waals surface area contributed by atoms with Crippen LogP contribution in [0.3, 0.4) is 0 Å². The number of rotatable bonds is 1. The molecule has 1 unspecified atom stereocenters. The first kappa shape index (κ1) is 12.1. The third-order valence-corrected chi connectivity index (χ3v) is 4.00. The number of amides is 1. The normalized spacial score (nSPS) is 27.6. The van der Waals surface area contributed by atoms with Gasteiger partial charge in [-0.15, -0.1) is 0 Å². The first-order valence-electron chi connectivity index (χ1n) is 6.63. The molecule has 20 heavy (non-hydrogen) atoms. The van der Waals surface area contributed by atoms with Gasteiger partial charge in [-0.1, -0.05) is 11.6 Å². The summed E-state index contributed by atoms with van der Waals surface area (Å²) in [5.74, 6) is 0.920. The highest BCUT2D eigenvalue weighted by Gasteiger charge is 2.40. The van der Waals surface area contributed by atoms with Gasteiger partial charge in [0.15, 0.2) is 0 Å². The fourth-order valence-corrected chi connectivity index (χ4v) is 2.97. The fourth-order valence-electron chi connectivity index (χ4n) is 2.80. The molecule has 1 amide bonds. The highest BCUT2D eigenvalue weighted by molar-refractivity contribution is 6.32. The number of nitrogens with one attached hydrogen (secondary N) is 1. The Morgan fingerprint density at radius 2 is 2.25 bits per heavy atom. The average molecular weight is 290 g/mol.